The van der Waals surface area contributed by atoms with Crippen LogP contribution >= 0.6 is 0 Å². The molecule has 1 fully saturated rings. The summed E-state index contributed by atoms with van der Waals surface area (Å²) in [7, 11) is 3.36. The summed E-state index contributed by atoms with van der Waals surface area (Å²) in [4.78, 5) is 38.4. The fourth-order valence-electron chi connectivity index (χ4n) is 4.06. The van der Waals surface area contributed by atoms with Crippen molar-refractivity contribution in [2.24, 2.45) is 5.92 Å². The van der Waals surface area contributed by atoms with Crippen LogP contribution in [0.4, 0.5) is 10.1 Å². The van der Waals surface area contributed by atoms with Crippen molar-refractivity contribution in [3.8, 4) is 0 Å². The molecule has 1 aromatic carbocycles. The van der Waals surface area contributed by atoms with Gasteiger partial charge >= 0.3 is 0 Å². The van der Waals surface area contributed by atoms with E-state index in [1.807, 2.05) is 6.07 Å². The molecule has 2 amide bonds. The molecule has 1 N–H and O–H groups in total. The van der Waals surface area contributed by atoms with E-state index >= 15 is 0 Å². The van der Waals surface area contributed by atoms with Crippen molar-refractivity contribution in [3.05, 3.63) is 76.6 Å². The van der Waals surface area contributed by atoms with Gasteiger partial charge in [0.05, 0.1) is 6.54 Å². The molecule has 0 atom stereocenters. The van der Waals surface area contributed by atoms with E-state index in [0.717, 1.165) is 23.1 Å². The first kappa shape index (κ1) is 24.4. The Kier molecular flexibility index (Phi) is 7.48. The Hall–Kier alpha value is -3.68. The second-order valence-corrected chi connectivity index (χ2v) is 9.32. The second kappa shape index (κ2) is 10.7. The van der Waals surface area contributed by atoms with Gasteiger partial charge in [-0.2, -0.15) is 0 Å². The van der Waals surface area contributed by atoms with Crippen LogP contribution in [0.5, 0.6) is 0 Å². The molecule has 0 radical (unpaired) electrons. The van der Waals surface area contributed by atoms with E-state index in [0.29, 0.717) is 25.3 Å². The summed E-state index contributed by atoms with van der Waals surface area (Å²) in [5.41, 5.74) is 1.84. The fourth-order valence-corrected chi connectivity index (χ4v) is 4.06. The van der Waals surface area contributed by atoms with Crippen molar-refractivity contribution in [2.75, 3.05) is 19.4 Å². The first-order chi connectivity index (χ1) is 16.8. The monoisotopic (exact) mass is 478 g/mol. The van der Waals surface area contributed by atoms with Crippen LogP contribution < -0.4 is 10.9 Å². The van der Waals surface area contributed by atoms with E-state index in [9.17, 15) is 18.8 Å². The summed E-state index contributed by atoms with van der Waals surface area (Å²) >= 11 is 0. The number of halogens is 1. The van der Waals surface area contributed by atoms with Crippen LogP contribution in [0, 0.1) is 11.7 Å². The number of nitrogens with zero attached hydrogens (tertiary/aromatic N) is 3. The number of unbranched alkanes of at least 4 members (excludes halogenated alkanes) is 1. The number of hydrogen-bond donors (Lipinski definition) is 1. The van der Waals surface area contributed by atoms with Crippen molar-refractivity contribution < 1.29 is 14.0 Å². The van der Waals surface area contributed by atoms with Gasteiger partial charge in [0.1, 0.15) is 11.5 Å². The van der Waals surface area contributed by atoms with Gasteiger partial charge in [0.25, 0.3) is 5.56 Å². The number of carbonyl (C=O) groups excluding carboxylic acids is 2. The highest BCUT2D eigenvalue weighted by molar-refractivity contribution is 5.90. The smallest absolute Gasteiger partial charge is 0.274 e. The molecule has 0 aliphatic heterocycles. The first-order valence-electron chi connectivity index (χ1n) is 12.0. The number of rotatable bonds is 10. The number of carbonyl (C=O) groups is 2. The average molecular weight is 479 g/mol. The summed E-state index contributed by atoms with van der Waals surface area (Å²) < 4.78 is 17.5. The third-order valence-corrected chi connectivity index (χ3v) is 6.19. The SMILES string of the molecule is CN(C)C(=O)/C=C/CCCC(=O)Nc1cccn(Cc2cc3cc(F)ccc3n2CC2CC2)c1=O. The van der Waals surface area contributed by atoms with E-state index in [-0.39, 0.29) is 35.3 Å². The summed E-state index contributed by atoms with van der Waals surface area (Å²) in [6.07, 6.45) is 8.72. The lowest BCUT2D eigenvalue weighted by atomic mass is 10.2. The number of fused-ring (bicyclic) bond motifs is 1. The van der Waals surface area contributed by atoms with Crippen LogP contribution in [-0.4, -0.2) is 39.9 Å². The molecule has 0 spiro atoms. The van der Waals surface area contributed by atoms with Crippen LogP contribution in [-0.2, 0) is 22.7 Å². The molecule has 4 rings (SSSR count). The fraction of sp³-hybridized carbons (Fsp3) is 0.370. The third-order valence-electron chi connectivity index (χ3n) is 6.19. The zero-order valence-electron chi connectivity index (χ0n) is 20.2. The Morgan fingerprint density at radius 2 is 2.00 bits per heavy atom. The van der Waals surface area contributed by atoms with Crippen molar-refractivity contribution >= 4 is 28.4 Å². The van der Waals surface area contributed by atoms with Gasteiger partial charge in [-0.25, -0.2) is 4.39 Å². The summed E-state index contributed by atoms with van der Waals surface area (Å²) in [5, 5.41) is 3.54. The quantitative estimate of drug-likeness (QED) is 0.351. The third kappa shape index (κ3) is 6.26. The number of benzene rings is 1. The summed E-state index contributed by atoms with van der Waals surface area (Å²) in [6, 6.07) is 10.1. The molecule has 2 aromatic heterocycles. The highest BCUT2D eigenvalue weighted by Gasteiger charge is 2.24. The van der Waals surface area contributed by atoms with Crippen molar-refractivity contribution in [3.63, 3.8) is 0 Å². The van der Waals surface area contributed by atoms with Crippen LogP contribution in [0.25, 0.3) is 10.9 Å². The minimum absolute atomic E-state index is 0.0967. The molecule has 35 heavy (non-hydrogen) atoms. The van der Waals surface area contributed by atoms with Crippen molar-refractivity contribution in [2.45, 2.75) is 45.2 Å². The first-order valence-corrected chi connectivity index (χ1v) is 12.0. The number of pyridine rings is 1. The number of likely N-dealkylation sites (N-methyl/N-ethyl adjacent to an activating group) is 1. The Morgan fingerprint density at radius 1 is 1.20 bits per heavy atom. The average Bonchev–Trinajstić information content (AvgIpc) is 3.58. The summed E-state index contributed by atoms with van der Waals surface area (Å²) in [6.45, 7) is 1.18. The lowest BCUT2D eigenvalue weighted by Crippen LogP contribution is -2.26. The van der Waals surface area contributed by atoms with Gasteiger partial charge < -0.3 is 19.4 Å². The zero-order chi connectivity index (χ0) is 24.9. The number of hydrogen-bond acceptors (Lipinski definition) is 3. The molecule has 1 aliphatic rings. The highest BCUT2D eigenvalue weighted by atomic mass is 19.1. The molecule has 1 aliphatic carbocycles. The van der Waals surface area contributed by atoms with Gasteiger partial charge in [-0.3, -0.25) is 14.4 Å². The number of allylic oxidation sites excluding steroid dienone is 1. The Labute approximate surface area is 203 Å². The van der Waals surface area contributed by atoms with Gasteiger partial charge in [0.15, 0.2) is 0 Å². The van der Waals surface area contributed by atoms with E-state index in [1.54, 1.807) is 49.1 Å². The zero-order valence-corrected chi connectivity index (χ0v) is 20.2. The predicted molar refractivity (Wildman–Crippen MR) is 135 cm³/mol. The minimum Gasteiger partial charge on any atom is -0.345 e. The Balaban J connectivity index is 1.43. The topological polar surface area (TPSA) is 76.3 Å². The molecule has 184 valence electrons. The Morgan fingerprint density at radius 3 is 2.74 bits per heavy atom. The molecule has 1 saturated carbocycles. The number of anilines is 1. The highest BCUT2D eigenvalue weighted by Crippen LogP contribution is 2.33. The van der Waals surface area contributed by atoms with E-state index in [2.05, 4.69) is 9.88 Å². The number of nitrogens with one attached hydrogen (secondary N) is 1. The minimum atomic E-state index is -0.285. The molecule has 2 heterocycles. The van der Waals surface area contributed by atoms with Gasteiger partial charge in [-0.05, 0) is 74.1 Å². The summed E-state index contributed by atoms with van der Waals surface area (Å²) in [5.74, 6) is -0.00650. The molecular weight excluding hydrogens is 447 g/mol. The van der Waals surface area contributed by atoms with Crippen molar-refractivity contribution in [1.82, 2.24) is 14.0 Å². The maximum absolute atomic E-state index is 13.8. The predicted octanol–water partition coefficient (Wildman–Crippen LogP) is 4.15. The van der Waals surface area contributed by atoms with E-state index < -0.39 is 0 Å². The van der Waals surface area contributed by atoms with Gasteiger partial charge in [-0.1, -0.05) is 6.08 Å². The molecular formula is C27H31FN4O3. The van der Waals surface area contributed by atoms with Crippen LogP contribution in [0.2, 0.25) is 0 Å². The Bertz CT molecular complexity index is 1320. The maximum Gasteiger partial charge on any atom is 0.274 e. The molecule has 3 aromatic rings. The number of amides is 2. The second-order valence-electron chi connectivity index (χ2n) is 9.32. The lowest BCUT2D eigenvalue weighted by molar-refractivity contribution is -0.123. The van der Waals surface area contributed by atoms with Crippen LogP contribution in [0.1, 0.15) is 37.8 Å². The lowest BCUT2D eigenvalue weighted by Gasteiger charge is -2.13. The molecule has 7 nitrogen and oxygen atoms in total. The number of aromatic nitrogens is 2. The van der Waals surface area contributed by atoms with Gasteiger partial charge in [0.2, 0.25) is 11.8 Å². The van der Waals surface area contributed by atoms with Gasteiger partial charge in [-0.15, -0.1) is 0 Å². The molecule has 0 saturated heterocycles. The van der Waals surface area contributed by atoms with E-state index in [1.165, 1.54) is 36.0 Å². The maximum atomic E-state index is 13.8. The van der Waals surface area contributed by atoms with E-state index in [4.69, 9.17) is 0 Å². The molecule has 8 heteroatoms. The molecule has 0 bridgehead atoms. The standard InChI is InChI=1S/C27H31FN4O3/c1-30(2)26(34)9-5-3-4-8-25(33)29-23-7-6-14-31(27(23)35)18-22-16-20-15-21(28)12-13-24(20)32(22)17-19-10-11-19/h5-7,9,12-16,19H,3-4,8,10-11,17-18H2,1-2H3,(H,29,33)/b9-5+. The van der Waals surface area contributed by atoms with Gasteiger partial charge in [0, 0.05) is 49.9 Å². The largest absolute Gasteiger partial charge is 0.345 e. The normalized spacial score (nSPS) is 13.5. The van der Waals surface area contributed by atoms with Crippen LogP contribution in [0.3, 0.4) is 0 Å². The van der Waals surface area contributed by atoms with Crippen molar-refractivity contribution in [1.29, 1.82) is 0 Å². The molecule has 0 unspecified atom stereocenters. The van der Waals surface area contributed by atoms with Crippen LogP contribution in [0.15, 0.2) is 59.5 Å².